The van der Waals surface area contributed by atoms with Gasteiger partial charge in [-0.3, -0.25) is 0 Å². The summed E-state index contributed by atoms with van der Waals surface area (Å²) in [6, 6.07) is 61.8. The summed E-state index contributed by atoms with van der Waals surface area (Å²) in [5.74, 6) is 0.860. The molecule has 0 heterocycles. The van der Waals surface area contributed by atoms with E-state index in [1.165, 1.54) is 109 Å². The number of aromatic hydroxyl groups is 2. The number of hydrogen-bond acceptors (Lipinski definition) is 6. The van der Waals surface area contributed by atoms with E-state index in [0.29, 0.717) is 11.5 Å². The van der Waals surface area contributed by atoms with E-state index >= 15 is 0 Å². The molecule has 0 amide bonds. The van der Waals surface area contributed by atoms with Gasteiger partial charge in [-0.15, -0.1) is 0 Å². The van der Waals surface area contributed by atoms with Crippen molar-refractivity contribution in [1.82, 2.24) is 0 Å². The minimum atomic E-state index is -2.92. The van der Waals surface area contributed by atoms with Crippen LogP contribution in [0.5, 0.6) is 11.5 Å². The number of hydrogen-bond donors (Lipinski definition) is 2. The van der Waals surface area contributed by atoms with Crippen LogP contribution in [0.3, 0.4) is 0 Å². The minimum Gasteiger partial charge on any atom is -0.508 e. The van der Waals surface area contributed by atoms with Crippen LogP contribution in [-0.4, -0.2) is 61.3 Å². The van der Waals surface area contributed by atoms with Crippen LogP contribution in [0, 0.1) is 0 Å². The number of phenolic OH excluding ortho intramolecular Hbond substituents is 2. The average molecular weight is 1210 g/mol. The van der Waals surface area contributed by atoms with Gasteiger partial charge >= 0.3 is 17.1 Å². The molecule has 0 saturated heterocycles. The van der Waals surface area contributed by atoms with Gasteiger partial charge in [-0.25, -0.2) is 0 Å². The zero-order chi connectivity index (χ0) is 54.2. The smallest absolute Gasteiger partial charge is 0.386 e. The Morgan fingerprint density at radius 3 is 0.938 bits per heavy atom. The van der Waals surface area contributed by atoms with Crippen molar-refractivity contribution in [3.8, 4) is 11.5 Å². The van der Waals surface area contributed by atoms with Crippen molar-refractivity contribution in [2.75, 3.05) is 0 Å². The molecule has 0 atom stereocenters. The summed E-state index contributed by atoms with van der Waals surface area (Å²) in [4.78, 5) is 0. The first-order valence-electron chi connectivity index (χ1n) is 28.5. The van der Waals surface area contributed by atoms with Gasteiger partial charge in [0, 0.05) is 5.92 Å². The molecule has 0 aliphatic rings. The van der Waals surface area contributed by atoms with Crippen LogP contribution in [0.1, 0.15) is 159 Å². The first-order chi connectivity index (χ1) is 35.9. The molecule has 0 fully saturated rings. The highest BCUT2D eigenvalue weighted by molar-refractivity contribution is 7.02. The van der Waals surface area contributed by atoms with Crippen LogP contribution in [0.25, 0.3) is 0 Å². The number of rotatable bonds is 31. The maximum atomic E-state index is 9.79. The van der Waals surface area contributed by atoms with Gasteiger partial charge in [-0.05, 0) is 133 Å². The normalized spacial score (nSPS) is 11.6. The Labute approximate surface area is 506 Å². The maximum absolute atomic E-state index is 9.79. The topological polar surface area (TPSA) is 77.4 Å². The van der Waals surface area contributed by atoms with Gasteiger partial charge in [0.2, 0.25) is 0 Å². The second-order valence-corrected chi connectivity index (χ2v) is 45.1. The fourth-order valence-corrected chi connectivity index (χ4v) is 35.3. The summed E-state index contributed by atoms with van der Waals surface area (Å²) in [5, 5.41) is 24.5. The van der Waals surface area contributed by atoms with Crippen molar-refractivity contribution >= 4 is 71.9 Å². The predicted molar refractivity (Wildman–Crippen MR) is 376 cm³/mol. The molecule has 6 aromatic carbocycles. The maximum Gasteiger partial charge on any atom is 0.386 e. The molecular formula is C69H118O6Si6. The Morgan fingerprint density at radius 2 is 0.630 bits per heavy atom. The molecule has 0 unspecified atom stereocenters. The Kier molecular flexibility index (Phi) is 38.7. The molecule has 0 radical (unpaired) electrons. The molecule has 6 nitrogen and oxygen atoms in total. The summed E-state index contributed by atoms with van der Waals surface area (Å²) in [6.45, 7) is 23.3. The van der Waals surface area contributed by atoms with Gasteiger partial charge in [-0.1, -0.05) is 281 Å². The lowest BCUT2D eigenvalue weighted by Crippen LogP contribution is -2.70. The van der Waals surface area contributed by atoms with Crippen molar-refractivity contribution in [3.63, 3.8) is 0 Å². The third-order valence-corrected chi connectivity index (χ3v) is 36.5. The molecule has 0 aromatic heterocycles. The van der Waals surface area contributed by atoms with Gasteiger partial charge < -0.3 is 26.7 Å². The van der Waals surface area contributed by atoms with Crippen LogP contribution >= 0.6 is 0 Å². The van der Waals surface area contributed by atoms with E-state index in [4.69, 9.17) is 16.5 Å². The first-order valence-corrected chi connectivity index (χ1v) is 44.3. The molecule has 81 heavy (non-hydrogen) atoms. The lowest BCUT2D eigenvalue weighted by Gasteiger charge is -2.43. The summed E-state index contributed by atoms with van der Waals surface area (Å²) in [7, 11) is -12.8. The largest absolute Gasteiger partial charge is 0.508 e. The third kappa shape index (κ3) is 25.8. The second kappa shape index (κ2) is 39.6. The minimum absolute atomic E-state index is 0. The van der Waals surface area contributed by atoms with Crippen LogP contribution < -0.4 is 20.7 Å². The number of unbranched alkanes of at least 4 members (excludes halogenated alkanes) is 9. The molecule has 2 N–H and O–H groups in total. The van der Waals surface area contributed by atoms with Gasteiger partial charge in [0.15, 0.2) is 34.0 Å². The molecule has 454 valence electrons. The summed E-state index contributed by atoms with van der Waals surface area (Å²) in [5.41, 5.74) is 2.43. The van der Waals surface area contributed by atoms with Gasteiger partial charge in [0.25, 0.3) is 0 Å². The highest BCUT2D eigenvalue weighted by Crippen LogP contribution is 2.33. The number of phenols is 2. The summed E-state index contributed by atoms with van der Waals surface area (Å²) >= 11 is 0. The van der Waals surface area contributed by atoms with E-state index in [1.807, 2.05) is 24.3 Å². The van der Waals surface area contributed by atoms with E-state index in [1.54, 1.807) is 24.3 Å². The lowest BCUT2D eigenvalue weighted by atomic mass is 9.86. The predicted octanol–water partition coefficient (Wildman–Crippen LogP) is 19.3. The monoisotopic (exact) mass is 1210 g/mol. The van der Waals surface area contributed by atoms with E-state index < -0.39 is 51.1 Å². The van der Waals surface area contributed by atoms with E-state index in [0.717, 1.165) is 24.9 Å². The molecule has 12 heteroatoms. The van der Waals surface area contributed by atoms with Gasteiger partial charge in [0.1, 0.15) is 11.5 Å². The van der Waals surface area contributed by atoms with E-state index in [2.05, 4.69) is 188 Å². The van der Waals surface area contributed by atoms with Crippen LogP contribution in [0.15, 0.2) is 170 Å². The molecule has 0 saturated carbocycles. The van der Waals surface area contributed by atoms with E-state index in [9.17, 15) is 10.2 Å². The van der Waals surface area contributed by atoms with Gasteiger partial charge in [-0.2, -0.15) is 0 Å². The van der Waals surface area contributed by atoms with Crippen molar-refractivity contribution in [2.45, 2.75) is 218 Å². The average Bonchev–Trinajstić information content (AvgIpc) is 3.40. The SMILES string of the molecule is C.C.C.C.C.C.CCCC[Si](C)(C)O[Si](O[SiH](C)C)(c1ccccc1)c1ccccc1.CCCC[Si](C)(C)O[Si](O[Si](C)(C)CCCCCCCCCCC(c1ccc(O)cc1)c1ccc(O)cc1)(c1ccccc1)c1ccccc1. The highest BCUT2D eigenvalue weighted by atomic mass is 28.5. The molecular weight excluding hydrogens is 1090 g/mol. The molecule has 0 spiro atoms. The highest BCUT2D eigenvalue weighted by Gasteiger charge is 2.50. The standard InChI is InChI=1S/C43H62O4Si3.C20H32O2Si3.6CH4/c1-6-7-35-48(2,3)46-50(41-22-16-14-17-23-41,42-24-18-15-19-25-42)47-49(4,5)36-21-13-11-9-8-10-12-20-26-43(37-27-31-39(44)32-28-37)38-29-33-40(45)34-30-38;1-6-7-18-24(4,5)22-25(21-23(2)3,19-14-10-8-11-15-19)20-16-12-9-13-17-20;;;;;;/h14-19,22-25,27-34,43-45H,6-13,20-21,26,35-36H2,1-5H3;8-17,23H,6-7,18H2,1-5H3;6*1H4. The second-order valence-electron chi connectivity index (χ2n) is 22.8. The fraction of sp³-hybridized carbons (Fsp3) is 0.478. The van der Waals surface area contributed by atoms with Crippen LogP contribution in [0.2, 0.25) is 70.5 Å². The fourth-order valence-electron chi connectivity index (χ4n) is 10.3. The van der Waals surface area contributed by atoms with Gasteiger partial charge in [0.05, 0.1) is 0 Å². The van der Waals surface area contributed by atoms with Crippen molar-refractivity contribution < 1.29 is 26.7 Å². The Balaban J connectivity index is 0. The quantitative estimate of drug-likeness (QED) is 0.0334. The first kappa shape index (κ1) is 79.1. The molecule has 6 aromatic rings. The van der Waals surface area contributed by atoms with Crippen molar-refractivity contribution in [3.05, 3.63) is 181 Å². The zero-order valence-corrected chi connectivity index (χ0v) is 53.8. The van der Waals surface area contributed by atoms with E-state index in [-0.39, 0.29) is 50.5 Å². The summed E-state index contributed by atoms with van der Waals surface area (Å²) < 4.78 is 28.9. The molecule has 6 rings (SSSR count). The Hall–Kier alpha value is -3.94. The van der Waals surface area contributed by atoms with Crippen molar-refractivity contribution in [1.29, 1.82) is 0 Å². The molecule has 0 aliphatic heterocycles. The Morgan fingerprint density at radius 1 is 0.358 bits per heavy atom. The van der Waals surface area contributed by atoms with Crippen LogP contribution in [0.4, 0.5) is 0 Å². The molecule has 0 bridgehead atoms. The lowest BCUT2D eigenvalue weighted by molar-refractivity contribution is 0.403. The number of benzene rings is 6. The molecule has 0 aliphatic carbocycles. The zero-order valence-electron chi connectivity index (χ0n) is 47.7. The third-order valence-electron chi connectivity index (χ3n) is 14.2. The Bertz CT molecular complexity index is 2340. The van der Waals surface area contributed by atoms with Crippen molar-refractivity contribution in [2.24, 2.45) is 0 Å². The van der Waals surface area contributed by atoms with Crippen LogP contribution in [-0.2, 0) is 16.5 Å². The summed E-state index contributed by atoms with van der Waals surface area (Å²) in [6.07, 6.45) is 15.9.